The summed E-state index contributed by atoms with van der Waals surface area (Å²) in [5.74, 6) is 5.76. The summed E-state index contributed by atoms with van der Waals surface area (Å²) < 4.78 is 2.77. The Balaban J connectivity index is 2.05. The van der Waals surface area contributed by atoms with Gasteiger partial charge in [-0.15, -0.1) is 0 Å². The van der Waals surface area contributed by atoms with Crippen molar-refractivity contribution in [3.05, 3.63) is 76.8 Å². The van der Waals surface area contributed by atoms with Crippen molar-refractivity contribution in [2.24, 2.45) is 5.84 Å². The van der Waals surface area contributed by atoms with E-state index in [9.17, 15) is 0 Å². The molecule has 0 spiro atoms. The van der Waals surface area contributed by atoms with E-state index >= 15 is 0 Å². The first kappa shape index (κ1) is 13.9. The Morgan fingerprint density at radius 1 is 1.14 bits per heavy atom. The van der Waals surface area contributed by atoms with Crippen molar-refractivity contribution in [2.45, 2.75) is 6.04 Å². The van der Waals surface area contributed by atoms with Crippen molar-refractivity contribution in [2.75, 3.05) is 0 Å². The number of hydrogen-bond donors (Lipinski definition) is 2. The molecule has 106 valence electrons. The number of nitrogens with two attached hydrogens (primary N) is 1. The van der Waals surface area contributed by atoms with E-state index in [4.69, 9.17) is 5.84 Å². The highest BCUT2D eigenvalue weighted by atomic mass is 79.9. The summed E-state index contributed by atoms with van der Waals surface area (Å²) in [6.07, 6.45) is 5.29. The number of benzene rings is 1. The number of para-hydroxylation sites is 1. The maximum atomic E-state index is 5.76. The molecule has 0 bridgehead atoms. The molecule has 21 heavy (non-hydrogen) atoms. The van der Waals surface area contributed by atoms with Gasteiger partial charge in [0.15, 0.2) is 0 Å². The van der Waals surface area contributed by atoms with Gasteiger partial charge < -0.3 is 0 Å². The van der Waals surface area contributed by atoms with Crippen molar-refractivity contribution in [3.8, 4) is 5.69 Å². The van der Waals surface area contributed by atoms with Crippen LogP contribution < -0.4 is 11.3 Å². The topological polar surface area (TPSA) is 68.8 Å². The van der Waals surface area contributed by atoms with Crippen LogP contribution in [0.1, 0.15) is 17.3 Å². The zero-order chi connectivity index (χ0) is 14.7. The third-order valence-corrected chi connectivity index (χ3v) is 3.63. The second kappa shape index (κ2) is 6.17. The molecule has 0 fully saturated rings. The van der Waals surface area contributed by atoms with Crippen LogP contribution in [0.4, 0.5) is 0 Å². The fraction of sp³-hybridized carbons (Fsp3) is 0.0667. The van der Waals surface area contributed by atoms with Crippen molar-refractivity contribution in [1.82, 2.24) is 20.2 Å². The van der Waals surface area contributed by atoms with E-state index in [2.05, 4.69) is 31.4 Å². The van der Waals surface area contributed by atoms with E-state index in [0.717, 1.165) is 21.4 Å². The molecule has 1 atom stereocenters. The molecule has 0 aliphatic carbocycles. The van der Waals surface area contributed by atoms with Crippen molar-refractivity contribution in [3.63, 3.8) is 0 Å². The molecule has 0 saturated carbocycles. The molecular formula is C15H14BrN5. The number of aromatic nitrogens is 3. The Kier molecular flexibility index (Phi) is 4.10. The quantitative estimate of drug-likeness (QED) is 0.564. The first-order chi connectivity index (χ1) is 10.3. The van der Waals surface area contributed by atoms with Gasteiger partial charge in [0.05, 0.1) is 17.4 Å². The second-order valence-electron chi connectivity index (χ2n) is 4.54. The molecule has 1 aromatic carbocycles. The standard InChI is InChI=1S/C15H14BrN5/c16-12-8-11(9-18-10-12)15(20-17)14-6-7-19-21(14)13-4-2-1-3-5-13/h1-10,15,20H,17H2. The number of hydrazine groups is 1. The van der Waals surface area contributed by atoms with Crippen LogP contribution in [0.5, 0.6) is 0 Å². The Labute approximate surface area is 130 Å². The van der Waals surface area contributed by atoms with Crippen LogP contribution in [0, 0.1) is 0 Å². The number of pyridine rings is 1. The highest BCUT2D eigenvalue weighted by Crippen LogP contribution is 2.24. The van der Waals surface area contributed by atoms with Crippen LogP contribution in [-0.2, 0) is 0 Å². The Bertz CT molecular complexity index is 726. The fourth-order valence-electron chi connectivity index (χ4n) is 2.26. The van der Waals surface area contributed by atoms with Crippen molar-refractivity contribution in [1.29, 1.82) is 0 Å². The monoisotopic (exact) mass is 343 g/mol. The van der Waals surface area contributed by atoms with Gasteiger partial charge in [0.2, 0.25) is 0 Å². The molecule has 2 heterocycles. The molecule has 3 N–H and O–H groups in total. The molecule has 0 radical (unpaired) electrons. The third-order valence-electron chi connectivity index (χ3n) is 3.19. The first-order valence-corrected chi connectivity index (χ1v) is 7.25. The first-order valence-electron chi connectivity index (χ1n) is 6.45. The molecule has 6 heteroatoms. The van der Waals surface area contributed by atoms with E-state index in [1.54, 1.807) is 18.6 Å². The minimum Gasteiger partial charge on any atom is -0.271 e. The lowest BCUT2D eigenvalue weighted by molar-refractivity contribution is 0.595. The van der Waals surface area contributed by atoms with E-state index < -0.39 is 0 Å². The van der Waals surface area contributed by atoms with Gasteiger partial charge >= 0.3 is 0 Å². The number of halogens is 1. The molecule has 1 unspecified atom stereocenters. The molecule has 2 aromatic heterocycles. The number of rotatable bonds is 4. The molecule has 5 nitrogen and oxygen atoms in total. The van der Waals surface area contributed by atoms with Crippen LogP contribution >= 0.6 is 15.9 Å². The van der Waals surface area contributed by atoms with Crippen molar-refractivity contribution < 1.29 is 0 Å². The SMILES string of the molecule is NNC(c1cncc(Br)c1)c1ccnn1-c1ccccc1. The van der Waals surface area contributed by atoms with Gasteiger partial charge in [-0.2, -0.15) is 5.10 Å². The third kappa shape index (κ3) is 2.87. The second-order valence-corrected chi connectivity index (χ2v) is 5.46. The van der Waals surface area contributed by atoms with Gasteiger partial charge in [0.1, 0.15) is 0 Å². The average molecular weight is 344 g/mol. The van der Waals surface area contributed by atoms with Crippen LogP contribution in [-0.4, -0.2) is 14.8 Å². The van der Waals surface area contributed by atoms with Crippen LogP contribution in [0.15, 0.2) is 65.5 Å². The Morgan fingerprint density at radius 3 is 2.67 bits per heavy atom. The maximum absolute atomic E-state index is 5.76. The van der Waals surface area contributed by atoms with Gasteiger partial charge in [-0.1, -0.05) is 18.2 Å². The van der Waals surface area contributed by atoms with Gasteiger partial charge in [-0.05, 0) is 45.8 Å². The number of hydrogen-bond acceptors (Lipinski definition) is 4. The average Bonchev–Trinajstić information content (AvgIpc) is 2.98. The predicted octanol–water partition coefficient (Wildman–Crippen LogP) is 2.58. The summed E-state index contributed by atoms with van der Waals surface area (Å²) in [4.78, 5) is 4.19. The smallest absolute Gasteiger partial charge is 0.0898 e. The van der Waals surface area contributed by atoms with E-state index in [0.29, 0.717) is 0 Å². The fourth-order valence-corrected chi connectivity index (χ4v) is 2.64. The lowest BCUT2D eigenvalue weighted by atomic mass is 10.1. The van der Waals surface area contributed by atoms with Crippen LogP contribution in [0.2, 0.25) is 0 Å². The van der Waals surface area contributed by atoms with Gasteiger partial charge in [0.25, 0.3) is 0 Å². The molecule has 0 aliphatic heterocycles. The van der Waals surface area contributed by atoms with Gasteiger partial charge in [0, 0.05) is 23.1 Å². The predicted molar refractivity (Wildman–Crippen MR) is 84.7 cm³/mol. The highest BCUT2D eigenvalue weighted by Gasteiger charge is 2.18. The highest BCUT2D eigenvalue weighted by molar-refractivity contribution is 9.10. The number of nitrogens with one attached hydrogen (secondary N) is 1. The molecule has 0 saturated heterocycles. The molecule has 3 aromatic rings. The van der Waals surface area contributed by atoms with Crippen molar-refractivity contribution >= 4 is 15.9 Å². The summed E-state index contributed by atoms with van der Waals surface area (Å²) in [6.45, 7) is 0. The molecule has 0 aliphatic rings. The summed E-state index contributed by atoms with van der Waals surface area (Å²) in [5.41, 5.74) is 5.73. The lowest BCUT2D eigenvalue weighted by Crippen LogP contribution is -2.30. The zero-order valence-electron chi connectivity index (χ0n) is 11.1. The maximum Gasteiger partial charge on any atom is 0.0898 e. The minimum absolute atomic E-state index is 0.197. The van der Waals surface area contributed by atoms with Gasteiger partial charge in [-0.3, -0.25) is 10.8 Å². The summed E-state index contributed by atoms with van der Waals surface area (Å²) >= 11 is 3.43. The zero-order valence-corrected chi connectivity index (χ0v) is 12.7. The summed E-state index contributed by atoms with van der Waals surface area (Å²) in [5, 5.41) is 4.39. The Hall–Kier alpha value is -2.02. The largest absolute Gasteiger partial charge is 0.271 e. The molecule has 3 rings (SSSR count). The van der Waals surface area contributed by atoms with Crippen LogP contribution in [0.3, 0.4) is 0 Å². The minimum atomic E-state index is -0.197. The Morgan fingerprint density at radius 2 is 1.95 bits per heavy atom. The van der Waals surface area contributed by atoms with E-state index in [-0.39, 0.29) is 6.04 Å². The normalized spacial score (nSPS) is 12.3. The molecular weight excluding hydrogens is 330 g/mol. The van der Waals surface area contributed by atoms with E-state index in [1.807, 2.05) is 47.1 Å². The van der Waals surface area contributed by atoms with Gasteiger partial charge in [-0.25, -0.2) is 10.1 Å². The summed E-state index contributed by atoms with van der Waals surface area (Å²) in [6, 6.07) is 13.7. The van der Waals surface area contributed by atoms with Crippen LogP contribution in [0.25, 0.3) is 5.69 Å². The summed E-state index contributed by atoms with van der Waals surface area (Å²) in [7, 11) is 0. The molecule has 0 amide bonds. The number of nitrogens with zero attached hydrogens (tertiary/aromatic N) is 3. The van der Waals surface area contributed by atoms with E-state index in [1.165, 1.54) is 0 Å². The lowest BCUT2D eigenvalue weighted by Gasteiger charge is -2.18.